The highest BCUT2D eigenvalue weighted by atomic mass is 32.2. The second-order valence-corrected chi connectivity index (χ2v) is 5.92. The molecule has 0 N–H and O–H groups in total. The molecular formula is C14H12N4O2S. The average Bonchev–Trinajstić information content (AvgIpc) is 2.54. The van der Waals surface area contributed by atoms with E-state index in [4.69, 9.17) is 0 Å². The lowest BCUT2D eigenvalue weighted by molar-refractivity contribution is -0.384. The number of hydrogen-bond acceptors (Lipinski definition) is 6. The number of rotatable bonds is 2. The number of thioether (sulfide) groups is 1. The summed E-state index contributed by atoms with van der Waals surface area (Å²) in [5, 5.41) is 20.7. The van der Waals surface area contributed by atoms with Gasteiger partial charge in [0.25, 0.3) is 5.69 Å². The standard InChI is InChI=1S/C14H12N4O2S/c15-9-10-7-14(17-3-5-21-6-4-17)16-13-2-1-11(18(19)20)8-12(10)13/h1-2,7-8H,3-6H2. The Kier molecular flexibility index (Phi) is 3.62. The molecular weight excluding hydrogens is 288 g/mol. The Hall–Kier alpha value is -2.33. The van der Waals surface area contributed by atoms with Gasteiger partial charge in [-0.05, 0) is 12.1 Å². The van der Waals surface area contributed by atoms with Gasteiger partial charge in [0.1, 0.15) is 5.82 Å². The molecule has 2 heterocycles. The minimum atomic E-state index is -0.462. The van der Waals surface area contributed by atoms with Crippen molar-refractivity contribution in [2.24, 2.45) is 0 Å². The van der Waals surface area contributed by atoms with Crippen molar-refractivity contribution in [1.29, 1.82) is 5.26 Å². The van der Waals surface area contributed by atoms with E-state index in [0.717, 1.165) is 30.4 Å². The monoisotopic (exact) mass is 300 g/mol. The zero-order chi connectivity index (χ0) is 14.8. The van der Waals surface area contributed by atoms with Gasteiger partial charge in [0.2, 0.25) is 0 Å². The summed E-state index contributed by atoms with van der Waals surface area (Å²) in [6, 6.07) is 8.29. The van der Waals surface area contributed by atoms with E-state index in [1.807, 2.05) is 11.8 Å². The number of nitriles is 1. The van der Waals surface area contributed by atoms with Crippen LogP contribution in [0.25, 0.3) is 10.9 Å². The van der Waals surface area contributed by atoms with Gasteiger partial charge >= 0.3 is 0 Å². The van der Waals surface area contributed by atoms with Crippen molar-refractivity contribution in [1.82, 2.24) is 4.98 Å². The summed E-state index contributed by atoms with van der Waals surface area (Å²) < 4.78 is 0. The third-order valence-electron chi connectivity index (χ3n) is 3.45. The van der Waals surface area contributed by atoms with Crippen LogP contribution in [-0.4, -0.2) is 34.5 Å². The smallest absolute Gasteiger partial charge is 0.270 e. The second kappa shape index (κ2) is 5.58. The molecule has 3 rings (SSSR count). The predicted molar refractivity (Wildman–Crippen MR) is 82.7 cm³/mol. The zero-order valence-corrected chi connectivity index (χ0v) is 12.0. The molecule has 1 fully saturated rings. The van der Waals surface area contributed by atoms with Gasteiger partial charge < -0.3 is 4.90 Å². The fraction of sp³-hybridized carbons (Fsp3) is 0.286. The number of nitrogens with zero attached hydrogens (tertiary/aromatic N) is 4. The molecule has 1 aliphatic rings. The van der Waals surface area contributed by atoms with Gasteiger partial charge in [-0.3, -0.25) is 10.1 Å². The summed E-state index contributed by atoms with van der Waals surface area (Å²) in [6.07, 6.45) is 0. The molecule has 0 aliphatic carbocycles. The quantitative estimate of drug-likeness (QED) is 0.626. The van der Waals surface area contributed by atoms with Gasteiger partial charge in [-0.1, -0.05) is 0 Å². The van der Waals surface area contributed by atoms with Crippen LogP contribution in [0.3, 0.4) is 0 Å². The number of non-ortho nitro benzene ring substituents is 1. The molecule has 0 unspecified atom stereocenters. The number of hydrogen-bond donors (Lipinski definition) is 0. The Balaban J connectivity index is 2.12. The van der Waals surface area contributed by atoms with E-state index in [0.29, 0.717) is 16.5 Å². The van der Waals surface area contributed by atoms with Gasteiger partial charge in [-0.25, -0.2) is 4.98 Å². The van der Waals surface area contributed by atoms with Crippen LogP contribution >= 0.6 is 11.8 Å². The van der Waals surface area contributed by atoms with Crippen LogP contribution in [0.15, 0.2) is 24.3 Å². The number of aromatic nitrogens is 1. The van der Waals surface area contributed by atoms with Gasteiger partial charge in [0.05, 0.1) is 22.1 Å². The van der Waals surface area contributed by atoms with Gasteiger partial charge in [-0.15, -0.1) is 0 Å². The fourth-order valence-corrected chi connectivity index (χ4v) is 3.26. The number of nitro groups is 1. The van der Waals surface area contributed by atoms with Crippen LogP contribution in [0.5, 0.6) is 0 Å². The predicted octanol–water partition coefficient (Wildman–Crippen LogP) is 2.57. The topological polar surface area (TPSA) is 83.1 Å². The lowest BCUT2D eigenvalue weighted by atomic mass is 10.1. The van der Waals surface area contributed by atoms with Crippen LogP contribution in [0.1, 0.15) is 5.56 Å². The lowest BCUT2D eigenvalue weighted by Crippen LogP contribution is -2.33. The molecule has 0 spiro atoms. The second-order valence-electron chi connectivity index (χ2n) is 4.70. The first-order chi connectivity index (χ1) is 10.2. The van der Waals surface area contributed by atoms with E-state index in [-0.39, 0.29) is 5.69 Å². The molecule has 1 saturated heterocycles. The SMILES string of the molecule is N#Cc1cc(N2CCSCC2)nc2ccc([N+](=O)[O-])cc12. The maximum Gasteiger partial charge on any atom is 0.270 e. The first kappa shape index (κ1) is 13.6. The highest BCUT2D eigenvalue weighted by molar-refractivity contribution is 7.99. The summed E-state index contributed by atoms with van der Waals surface area (Å²) in [6.45, 7) is 1.81. The van der Waals surface area contributed by atoms with Gasteiger partial charge in [0, 0.05) is 42.1 Å². The molecule has 21 heavy (non-hydrogen) atoms. The minimum Gasteiger partial charge on any atom is -0.355 e. The van der Waals surface area contributed by atoms with Crippen LogP contribution in [0.2, 0.25) is 0 Å². The van der Waals surface area contributed by atoms with Crippen LogP contribution in [0, 0.1) is 21.4 Å². The number of nitro benzene ring substituents is 1. The molecule has 0 radical (unpaired) electrons. The Labute approximate surface area is 125 Å². The average molecular weight is 300 g/mol. The van der Waals surface area contributed by atoms with E-state index in [1.54, 1.807) is 12.1 Å². The van der Waals surface area contributed by atoms with Gasteiger partial charge in [0.15, 0.2) is 0 Å². The summed E-state index contributed by atoms with van der Waals surface area (Å²) in [5.41, 5.74) is 1.02. The molecule has 1 aromatic carbocycles. The lowest BCUT2D eigenvalue weighted by Gasteiger charge is -2.27. The van der Waals surface area contributed by atoms with Crippen LogP contribution in [-0.2, 0) is 0 Å². The number of benzene rings is 1. The molecule has 1 aromatic heterocycles. The van der Waals surface area contributed by atoms with Crippen molar-refractivity contribution in [3.8, 4) is 6.07 Å². The van der Waals surface area contributed by atoms with Crippen LogP contribution < -0.4 is 4.90 Å². The van der Waals surface area contributed by atoms with Crippen molar-refractivity contribution < 1.29 is 4.92 Å². The molecule has 0 atom stereocenters. The highest BCUT2D eigenvalue weighted by Crippen LogP contribution is 2.27. The zero-order valence-electron chi connectivity index (χ0n) is 11.2. The Morgan fingerprint density at radius 3 is 2.76 bits per heavy atom. The maximum atomic E-state index is 10.9. The van der Waals surface area contributed by atoms with E-state index >= 15 is 0 Å². The number of anilines is 1. The van der Waals surface area contributed by atoms with E-state index in [2.05, 4.69) is 16.0 Å². The minimum absolute atomic E-state index is 0.0251. The summed E-state index contributed by atoms with van der Waals surface area (Å²) >= 11 is 1.90. The number of fused-ring (bicyclic) bond motifs is 1. The molecule has 0 saturated carbocycles. The first-order valence-corrected chi connectivity index (χ1v) is 7.66. The van der Waals surface area contributed by atoms with E-state index < -0.39 is 4.92 Å². The molecule has 106 valence electrons. The van der Waals surface area contributed by atoms with Crippen molar-refractivity contribution in [3.63, 3.8) is 0 Å². The molecule has 1 aliphatic heterocycles. The fourth-order valence-electron chi connectivity index (χ4n) is 2.36. The summed E-state index contributed by atoms with van der Waals surface area (Å²) in [5.74, 6) is 2.86. The van der Waals surface area contributed by atoms with Crippen LogP contribution in [0.4, 0.5) is 11.5 Å². The number of pyridine rings is 1. The Bertz CT molecular complexity index is 750. The molecule has 6 nitrogen and oxygen atoms in total. The third kappa shape index (κ3) is 2.62. The van der Waals surface area contributed by atoms with Crippen molar-refractivity contribution >= 4 is 34.2 Å². The van der Waals surface area contributed by atoms with Crippen molar-refractivity contribution in [2.45, 2.75) is 0 Å². The molecule has 0 amide bonds. The highest BCUT2D eigenvalue weighted by Gasteiger charge is 2.16. The van der Waals surface area contributed by atoms with Crippen molar-refractivity contribution in [3.05, 3.63) is 39.9 Å². The van der Waals surface area contributed by atoms with E-state index in [1.165, 1.54) is 12.1 Å². The Morgan fingerprint density at radius 1 is 1.33 bits per heavy atom. The first-order valence-electron chi connectivity index (χ1n) is 6.51. The third-order valence-corrected chi connectivity index (χ3v) is 4.39. The molecule has 0 bridgehead atoms. The largest absolute Gasteiger partial charge is 0.355 e. The van der Waals surface area contributed by atoms with Crippen molar-refractivity contribution in [2.75, 3.05) is 29.5 Å². The van der Waals surface area contributed by atoms with E-state index in [9.17, 15) is 15.4 Å². The molecule has 2 aromatic rings. The normalized spacial score (nSPS) is 14.9. The summed E-state index contributed by atoms with van der Waals surface area (Å²) in [4.78, 5) is 17.1. The summed E-state index contributed by atoms with van der Waals surface area (Å²) in [7, 11) is 0. The molecule has 7 heteroatoms. The maximum absolute atomic E-state index is 10.9. The Morgan fingerprint density at radius 2 is 2.10 bits per heavy atom. The van der Waals surface area contributed by atoms with Gasteiger partial charge in [-0.2, -0.15) is 17.0 Å².